The van der Waals surface area contributed by atoms with Crippen molar-refractivity contribution < 1.29 is 4.92 Å². The SMILES string of the molecule is O=[N+]([O-])c1cc(Br)ccc1-c1ncnc2c1ncn2Cc1ccccc1. The Kier molecular flexibility index (Phi) is 4.18. The van der Waals surface area contributed by atoms with E-state index in [2.05, 4.69) is 30.9 Å². The molecule has 0 unspecified atom stereocenters. The van der Waals surface area contributed by atoms with Gasteiger partial charge < -0.3 is 4.57 Å². The smallest absolute Gasteiger partial charge is 0.279 e. The number of hydrogen-bond acceptors (Lipinski definition) is 5. The zero-order valence-electron chi connectivity index (χ0n) is 13.4. The van der Waals surface area contributed by atoms with E-state index in [1.807, 2.05) is 34.9 Å². The Hall–Kier alpha value is -3.13. The lowest BCUT2D eigenvalue weighted by Gasteiger charge is -2.06. The molecular formula is C18H12BrN5O2. The summed E-state index contributed by atoms with van der Waals surface area (Å²) in [6.07, 6.45) is 3.09. The fourth-order valence-corrected chi connectivity index (χ4v) is 3.18. The van der Waals surface area contributed by atoms with E-state index in [4.69, 9.17) is 0 Å². The van der Waals surface area contributed by atoms with E-state index in [0.29, 0.717) is 33.4 Å². The molecule has 4 aromatic rings. The maximum Gasteiger partial charge on any atom is 0.279 e. The van der Waals surface area contributed by atoms with Crippen LogP contribution in [0.2, 0.25) is 0 Å². The largest absolute Gasteiger partial charge is 0.311 e. The second kappa shape index (κ2) is 6.64. The number of aromatic nitrogens is 4. The summed E-state index contributed by atoms with van der Waals surface area (Å²) in [6, 6.07) is 14.8. The van der Waals surface area contributed by atoms with E-state index in [0.717, 1.165) is 5.56 Å². The van der Waals surface area contributed by atoms with Crippen LogP contribution in [0.25, 0.3) is 22.4 Å². The van der Waals surface area contributed by atoms with Gasteiger partial charge in [0.25, 0.3) is 5.69 Å². The van der Waals surface area contributed by atoms with E-state index >= 15 is 0 Å². The molecule has 0 saturated carbocycles. The summed E-state index contributed by atoms with van der Waals surface area (Å²) in [6.45, 7) is 0.607. The van der Waals surface area contributed by atoms with Gasteiger partial charge in [0.05, 0.1) is 23.4 Å². The molecule has 8 heteroatoms. The third-order valence-corrected chi connectivity index (χ3v) is 4.50. The molecule has 2 aromatic heterocycles. The van der Waals surface area contributed by atoms with Crippen LogP contribution in [0.4, 0.5) is 5.69 Å². The summed E-state index contributed by atoms with van der Waals surface area (Å²) in [5, 5.41) is 11.4. The molecule has 2 aromatic carbocycles. The molecule has 0 saturated heterocycles. The highest BCUT2D eigenvalue weighted by Crippen LogP contribution is 2.34. The van der Waals surface area contributed by atoms with Crippen molar-refractivity contribution >= 4 is 32.8 Å². The summed E-state index contributed by atoms with van der Waals surface area (Å²) >= 11 is 3.27. The van der Waals surface area contributed by atoms with Gasteiger partial charge in [-0.3, -0.25) is 10.1 Å². The van der Waals surface area contributed by atoms with E-state index in [-0.39, 0.29) is 5.69 Å². The molecule has 0 radical (unpaired) electrons. The highest BCUT2D eigenvalue weighted by molar-refractivity contribution is 9.10. The van der Waals surface area contributed by atoms with Crippen LogP contribution >= 0.6 is 15.9 Å². The fourth-order valence-electron chi connectivity index (χ4n) is 2.83. The highest BCUT2D eigenvalue weighted by Gasteiger charge is 2.21. The lowest BCUT2D eigenvalue weighted by atomic mass is 10.1. The molecule has 0 bridgehead atoms. The summed E-state index contributed by atoms with van der Waals surface area (Å²) in [5.41, 5.74) is 3.11. The van der Waals surface area contributed by atoms with E-state index in [1.165, 1.54) is 12.4 Å². The topological polar surface area (TPSA) is 86.7 Å². The Balaban J connectivity index is 1.85. The van der Waals surface area contributed by atoms with Crippen LogP contribution in [0.5, 0.6) is 0 Å². The minimum Gasteiger partial charge on any atom is -0.311 e. The number of nitro groups is 1. The number of nitro benzene ring substituents is 1. The first kappa shape index (κ1) is 16.3. The number of fused-ring (bicyclic) bond motifs is 1. The van der Waals surface area contributed by atoms with Crippen LogP contribution in [0.1, 0.15) is 5.56 Å². The molecular weight excluding hydrogens is 398 g/mol. The molecule has 0 fully saturated rings. The lowest BCUT2D eigenvalue weighted by molar-refractivity contribution is -0.384. The summed E-state index contributed by atoms with van der Waals surface area (Å²) in [7, 11) is 0. The van der Waals surface area contributed by atoms with Gasteiger partial charge in [-0.15, -0.1) is 0 Å². The van der Waals surface area contributed by atoms with E-state index < -0.39 is 4.92 Å². The lowest BCUT2D eigenvalue weighted by Crippen LogP contribution is -2.00. The molecule has 2 heterocycles. The quantitative estimate of drug-likeness (QED) is 0.372. The van der Waals surface area contributed by atoms with Crippen molar-refractivity contribution in [1.29, 1.82) is 0 Å². The molecule has 0 aliphatic carbocycles. The maximum absolute atomic E-state index is 11.4. The zero-order chi connectivity index (χ0) is 18.1. The fraction of sp³-hybridized carbons (Fsp3) is 0.0556. The molecule has 0 atom stereocenters. The third kappa shape index (κ3) is 2.95. The van der Waals surface area contributed by atoms with Gasteiger partial charge in [-0.25, -0.2) is 15.0 Å². The number of imidazole rings is 1. The number of halogens is 1. The van der Waals surface area contributed by atoms with Crippen molar-refractivity contribution in [3.8, 4) is 11.3 Å². The van der Waals surface area contributed by atoms with Crippen LogP contribution in [0.3, 0.4) is 0 Å². The van der Waals surface area contributed by atoms with Crippen molar-refractivity contribution in [2.45, 2.75) is 6.54 Å². The summed E-state index contributed by atoms with van der Waals surface area (Å²) in [5.74, 6) is 0. The molecule has 0 spiro atoms. The van der Waals surface area contributed by atoms with Gasteiger partial charge in [-0.2, -0.15) is 0 Å². The highest BCUT2D eigenvalue weighted by atomic mass is 79.9. The van der Waals surface area contributed by atoms with Crippen molar-refractivity contribution in [2.24, 2.45) is 0 Å². The monoisotopic (exact) mass is 409 g/mol. The molecule has 0 N–H and O–H groups in total. The van der Waals surface area contributed by atoms with Gasteiger partial charge in [0.15, 0.2) is 5.65 Å². The third-order valence-electron chi connectivity index (χ3n) is 4.01. The Labute approximate surface area is 156 Å². The molecule has 0 aliphatic rings. The van der Waals surface area contributed by atoms with Crippen LogP contribution in [0, 0.1) is 10.1 Å². The van der Waals surface area contributed by atoms with Crippen molar-refractivity contribution in [2.75, 3.05) is 0 Å². The van der Waals surface area contributed by atoms with Gasteiger partial charge >= 0.3 is 0 Å². The van der Waals surface area contributed by atoms with Gasteiger partial charge in [0, 0.05) is 10.5 Å². The average molecular weight is 410 g/mol. The zero-order valence-corrected chi connectivity index (χ0v) is 15.0. The molecule has 4 rings (SSSR count). The first-order valence-corrected chi connectivity index (χ1v) is 8.57. The first-order valence-electron chi connectivity index (χ1n) is 7.77. The Morgan fingerprint density at radius 1 is 1.08 bits per heavy atom. The molecule has 128 valence electrons. The standard InChI is InChI=1S/C18H12BrN5O2/c19-13-6-7-14(15(8-13)24(25)26)16-17-18(21-10-20-16)23(11-22-17)9-12-4-2-1-3-5-12/h1-8,10-11H,9H2. The van der Waals surface area contributed by atoms with Crippen LogP contribution in [0.15, 0.2) is 65.7 Å². The molecule has 0 aliphatic heterocycles. The predicted molar refractivity (Wildman–Crippen MR) is 101 cm³/mol. The summed E-state index contributed by atoms with van der Waals surface area (Å²) in [4.78, 5) is 24.0. The number of hydrogen-bond donors (Lipinski definition) is 0. The predicted octanol–water partition coefficient (Wildman–Crippen LogP) is 4.21. The van der Waals surface area contributed by atoms with Crippen LogP contribution in [-0.2, 0) is 6.54 Å². The molecule has 26 heavy (non-hydrogen) atoms. The Morgan fingerprint density at radius 2 is 1.88 bits per heavy atom. The average Bonchev–Trinajstić information content (AvgIpc) is 3.06. The molecule has 7 nitrogen and oxygen atoms in total. The number of rotatable bonds is 4. The summed E-state index contributed by atoms with van der Waals surface area (Å²) < 4.78 is 2.54. The van der Waals surface area contributed by atoms with Gasteiger partial charge in [-0.05, 0) is 17.7 Å². The van der Waals surface area contributed by atoms with Gasteiger partial charge in [-0.1, -0.05) is 46.3 Å². The minimum atomic E-state index is -0.422. The normalized spacial score (nSPS) is 11.0. The van der Waals surface area contributed by atoms with Crippen LogP contribution < -0.4 is 0 Å². The molecule has 0 amide bonds. The second-order valence-electron chi connectivity index (χ2n) is 5.67. The Morgan fingerprint density at radius 3 is 2.65 bits per heavy atom. The second-order valence-corrected chi connectivity index (χ2v) is 6.59. The number of benzene rings is 2. The van der Waals surface area contributed by atoms with Crippen molar-refractivity contribution in [1.82, 2.24) is 19.5 Å². The maximum atomic E-state index is 11.4. The van der Waals surface area contributed by atoms with Gasteiger partial charge in [0.1, 0.15) is 17.5 Å². The van der Waals surface area contributed by atoms with Crippen molar-refractivity contribution in [3.05, 3.63) is 81.3 Å². The van der Waals surface area contributed by atoms with E-state index in [9.17, 15) is 10.1 Å². The first-order chi connectivity index (χ1) is 12.6. The number of nitrogens with zero attached hydrogens (tertiary/aromatic N) is 5. The van der Waals surface area contributed by atoms with E-state index in [1.54, 1.807) is 18.5 Å². The van der Waals surface area contributed by atoms with Crippen LogP contribution in [-0.4, -0.2) is 24.4 Å². The Bertz CT molecular complexity index is 1110. The van der Waals surface area contributed by atoms with Crippen molar-refractivity contribution in [3.63, 3.8) is 0 Å². The minimum absolute atomic E-state index is 0.0306. The van der Waals surface area contributed by atoms with Gasteiger partial charge in [0.2, 0.25) is 0 Å².